The lowest BCUT2D eigenvalue weighted by atomic mass is 10.1. The second kappa shape index (κ2) is 13.6. The van der Waals surface area contributed by atoms with Crippen LogP contribution in [0.15, 0.2) is 47.5 Å². The molecule has 0 saturated carbocycles. The molecule has 0 radical (unpaired) electrons. The number of methoxy groups -OCH3 is 1. The van der Waals surface area contributed by atoms with E-state index in [1.807, 2.05) is 18.2 Å². The molecular formula is C21H27F2IN4O3. The molecule has 0 aliphatic carbocycles. The number of hydrogen-bond acceptors (Lipinski definition) is 4. The standard InChI is InChI=1S/C21H26F2N4O3.HI/c1-24-19(28)15-6-4-5-14(11-15)9-10-26-21(25-2)27-13-16-12-17(29-3)7-8-18(16)30-20(22)23;/h4-8,11-12,20H,9-10,13H2,1-3H3,(H,24,28)(H2,25,26,27);1H. The molecule has 0 unspecified atom stereocenters. The summed E-state index contributed by atoms with van der Waals surface area (Å²) in [7, 11) is 4.70. The number of amides is 1. The number of nitrogens with one attached hydrogen (secondary N) is 3. The number of ether oxygens (including phenoxy) is 2. The fourth-order valence-corrected chi connectivity index (χ4v) is 2.77. The molecule has 1 amide bonds. The van der Waals surface area contributed by atoms with Gasteiger partial charge in [-0.25, -0.2) is 0 Å². The monoisotopic (exact) mass is 548 g/mol. The van der Waals surface area contributed by atoms with Gasteiger partial charge in [0.05, 0.1) is 7.11 Å². The van der Waals surface area contributed by atoms with Crippen molar-refractivity contribution < 1.29 is 23.0 Å². The van der Waals surface area contributed by atoms with Crippen LogP contribution in [0.25, 0.3) is 0 Å². The van der Waals surface area contributed by atoms with Gasteiger partial charge in [-0.05, 0) is 42.3 Å². The van der Waals surface area contributed by atoms with Crippen LogP contribution in [-0.2, 0) is 13.0 Å². The minimum absolute atomic E-state index is 0. The Labute approximate surface area is 197 Å². The van der Waals surface area contributed by atoms with Crippen LogP contribution in [0.2, 0.25) is 0 Å². The van der Waals surface area contributed by atoms with Crippen molar-refractivity contribution in [3.8, 4) is 11.5 Å². The number of guanidine groups is 1. The van der Waals surface area contributed by atoms with Crippen molar-refractivity contribution in [2.24, 2.45) is 4.99 Å². The maximum Gasteiger partial charge on any atom is 0.387 e. The Morgan fingerprint density at radius 3 is 2.58 bits per heavy atom. The van der Waals surface area contributed by atoms with Crippen LogP contribution in [-0.4, -0.2) is 46.2 Å². The topological polar surface area (TPSA) is 84.0 Å². The SMILES string of the molecule is CN=C(NCCc1cccc(C(=O)NC)c1)NCc1cc(OC)ccc1OC(F)F.I. The molecule has 0 spiro atoms. The van der Waals surface area contributed by atoms with Gasteiger partial charge in [-0.15, -0.1) is 24.0 Å². The summed E-state index contributed by atoms with van der Waals surface area (Å²) in [5, 5.41) is 8.83. The highest BCUT2D eigenvalue weighted by molar-refractivity contribution is 14.0. The van der Waals surface area contributed by atoms with Crippen molar-refractivity contribution >= 4 is 35.8 Å². The number of benzene rings is 2. The quantitative estimate of drug-likeness (QED) is 0.255. The Kier molecular flexibility index (Phi) is 11.6. The zero-order chi connectivity index (χ0) is 21.9. The number of aliphatic imine (C=N–C) groups is 1. The highest BCUT2D eigenvalue weighted by Gasteiger charge is 2.12. The van der Waals surface area contributed by atoms with E-state index in [1.54, 1.807) is 32.3 Å². The minimum Gasteiger partial charge on any atom is -0.497 e. The summed E-state index contributed by atoms with van der Waals surface area (Å²) in [5.41, 5.74) is 2.11. The molecule has 0 fully saturated rings. The van der Waals surface area contributed by atoms with Gasteiger partial charge in [0.1, 0.15) is 11.5 Å². The van der Waals surface area contributed by atoms with E-state index < -0.39 is 6.61 Å². The van der Waals surface area contributed by atoms with Gasteiger partial charge in [0.15, 0.2) is 5.96 Å². The van der Waals surface area contributed by atoms with Crippen LogP contribution in [0.3, 0.4) is 0 Å². The van der Waals surface area contributed by atoms with E-state index in [-0.39, 0.29) is 42.2 Å². The lowest BCUT2D eigenvalue weighted by Crippen LogP contribution is -2.38. The van der Waals surface area contributed by atoms with Crippen LogP contribution in [0.1, 0.15) is 21.5 Å². The summed E-state index contributed by atoms with van der Waals surface area (Å²) < 4.78 is 35.0. The zero-order valence-corrected chi connectivity index (χ0v) is 19.9. The molecule has 2 aromatic carbocycles. The fraction of sp³-hybridized carbons (Fsp3) is 0.333. The van der Waals surface area contributed by atoms with Crippen LogP contribution in [0.4, 0.5) is 8.78 Å². The largest absolute Gasteiger partial charge is 0.497 e. The molecule has 10 heteroatoms. The van der Waals surface area contributed by atoms with Crippen molar-refractivity contribution in [1.82, 2.24) is 16.0 Å². The van der Waals surface area contributed by atoms with Crippen LogP contribution >= 0.6 is 24.0 Å². The molecule has 170 valence electrons. The molecule has 0 aliphatic heterocycles. The average molecular weight is 548 g/mol. The first-order chi connectivity index (χ1) is 14.5. The highest BCUT2D eigenvalue weighted by atomic mass is 127. The first-order valence-corrected chi connectivity index (χ1v) is 9.34. The van der Waals surface area contributed by atoms with Crippen molar-refractivity contribution in [2.45, 2.75) is 19.6 Å². The van der Waals surface area contributed by atoms with E-state index in [0.717, 1.165) is 5.56 Å². The van der Waals surface area contributed by atoms with E-state index in [2.05, 4.69) is 25.7 Å². The molecule has 0 heterocycles. The Hall–Kier alpha value is -2.63. The molecule has 0 aromatic heterocycles. The number of carbonyl (C=O) groups is 1. The predicted octanol–water partition coefficient (Wildman–Crippen LogP) is 3.18. The van der Waals surface area contributed by atoms with E-state index in [4.69, 9.17) is 4.74 Å². The van der Waals surface area contributed by atoms with Gasteiger partial charge in [0, 0.05) is 38.3 Å². The molecular weight excluding hydrogens is 521 g/mol. The lowest BCUT2D eigenvalue weighted by molar-refractivity contribution is -0.0505. The van der Waals surface area contributed by atoms with Gasteiger partial charge in [-0.2, -0.15) is 8.78 Å². The summed E-state index contributed by atoms with van der Waals surface area (Å²) in [6.45, 7) is -2.14. The fourth-order valence-electron chi connectivity index (χ4n) is 2.77. The number of carbonyl (C=O) groups excluding carboxylic acids is 1. The summed E-state index contributed by atoms with van der Waals surface area (Å²) in [5.74, 6) is 0.970. The van der Waals surface area contributed by atoms with E-state index >= 15 is 0 Å². The zero-order valence-electron chi connectivity index (χ0n) is 17.6. The Bertz CT molecular complexity index is 881. The van der Waals surface area contributed by atoms with E-state index in [0.29, 0.717) is 35.8 Å². The first-order valence-electron chi connectivity index (χ1n) is 9.34. The van der Waals surface area contributed by atoms with Gasteiger partial charge in [-0.3, -0.25) is 9.79 Å². The normalized spacial score (nSPS) is 10.8. The van der Waals surface area contributed by atoms with Gasteiger partial charge in [-0.1, -0.05) is 12.1 Å². The average Bonchev–Trinajstić information content (AvgIpc) is 2.76. The number of alkyl halides is 2. The summed E-state index contributed by atoms with van der Waals surface area (Å²) in [6, 6.07) is 12.0. The van der Waals surface area contributed by atoms with Crippen molar-refractivity contribution in [3.05, 3.63) is 59.2 Å². The van der Waals surface area contributed by atoms with Crippen LogP contribution < -0.4 is 25.4 Å². The summed E-state index contributed by atoms with van der Waals surface area (Å²) >= 11 is 0. The van der Waals surface area contributed by atoms with Gasteiger partial charge in [0.25, 0.3) is 5.91 Å². The van der Waals surface area contributed by atoms with Crippen molar-refractivity contribution in [1.29, 1.82) is 0 Å². The number of hydrogen-bond donors (Lipinski definition) is 3. The minimum atomic E-state index is -2.92. The van der Waals surface area contributed by atoms with E-state index in [9.17, 15) is 13.6 Å². The molecule has 2 rings (SSSR count). The van der Waals surface area contributed by atoms with Crippen molar-refractivity contribution in [3.63, 3.8) is 0 Å². The third kappa shape index (κ3) is 8.56. The second-order valence-corrected chi connectivity index (χ2v) is 6.23. The Morgan fingerprint density at radius 2 is 1.94 bits per heavy atom. The molecule has 2 aromatic rings. The maximum atomic E-state index is 12.6. The molecule has 3 N–H and O–H groups in total. The summed E-state index contributed by atoms with van der Waals surface area (Å²) in [6.07, 6.45) is 0.671. The number of nitrogens with zero attached hydrogens (tertiary/aromatic N) is 1. The number of halogens is 3. The number of rotatable bonds is 9. The molecule has 0 atom stereocenters. The molecule has 0 aliphatic rings. The molecule has 0 saturated heterocycles. The highest BCUT2D eigenvalue weighted by Crippen LogP contribution is 2.25. The van der Waals surface area contributed by atoms with Gasteiger partial charge >= 0.3 is 6.61 Å². The van der Waals surface area contributed by atoms with Gasteiger partial charge < -0.3 is 25.4 Å². The Balaban J connectivity index is 0.00000480. The van der Waals surface area contributed by atoms with Crippen molar-refractivity contribution in [2.75, 3.05) is 27.7 Å². The molecule has 31 heavy (non-hydrogen) atoms. The second-order valence-electron chi connectivity index (χ2n) is 6.23. The summed E-state index contributed by atoms with van der Waals surface area (Å²) in [4.78, 5) is 15.9. The van der Waals surface area contributed by atoms with Crippen LogP contribution in [0.5, 0.6) is 11.5 Å². The van der Waals surface area contributed by atoms with Crippen LogP contribution in [0, 0.1) is 0 Å². The lowest BCUT2D eigenvalue weighted by Gasteiger charge is -2.15. The van der Waals surface area contributed by atoms with Gasteiger partial charge in [0.2, 0.25) is 0 Å². The smallest absolute Gasteiger partial charge is 0.387 e. The third-order valence-electron chi connectivity index (χ3n) is 4.28. The molecule has 7 nitrogen and oxygen atoms in total. The van der Waals surface area contributed by atoms with E-state index in [1.165, 1.54) is 13.2 Å². The Morgan fingerprint density at radius 1 is 1.16 bits per heavy atom. The predicted molar refractivity (Wildman–Crippen MR) is 127 cm³/mol. The first kappa shape index (κ1) is 26.4. The third-order valence-corrected chi connectivity index (χ3v) is 4.28. The molecule has 0 bridgehead atoms. The maximum absolute atomic E-state index is 12.6.